The van der Waals surface area contributed by atoms with Crippen LogP contribution in [-0.2, 0) is 11.0 Å². The van der Waals surface area contributed by atoms with Crippen LogP contribution in [0.3, 0.4) is 0 Å². The predicted octanol–water partition coefficient (Wildman–Crippen LogP) is 5.44. The van der Waals surface area contributed by atoms with E-state index in [1.807, 2.05) is 6.07 Å². The molecular formula is C24H22F3N3O2. The second kappa shape index (κ2) is 8.87. The monoisotopic (exact) mass is 441 g/mol. The summed E-state index contributed by atoms with van der Waals surface area (Å²) in [5, 5.41) is 11.7. The molecule has 0 bridgehead atoms. The highest BCUT2D eigenvalue weighted by Gasteiger charge is 2.39. The number of benzene rings is 2. The Kier molecular flexibility index (Phi) is 6.40. The minimum absolute atomic E-state index is 0.0832. The van der Waals surface area contributed by atoms with E-state index in [0.717, 1.165) is 17.0 Å². The normalized spacial score (nSPS) is 16.9. The fourth-order valence-electron chi connectivity index (χ4n) is 3.75. The van der Waals surface area contributed by atoms with Crippen LogP contribution in [0.15, 0.2) is 54.1 Å². The molecule has 1 N–H and O–H groups in total. The van der Waals surface area contributed by atoms with Crippen molar-refractivity contribution in [1.82, 2.24) is 10.2 Å². The molecule has 0 saturated heterocycles. The number of nitriles is 1. The second-order valence-electron chi connectivity index (χ2n) is 7.97. The van der Waals surface area contributed by atoms with Crippen molar-refractivity contribution in [2.75, 3.05) is 0 Å². The third-order valence-electron chi connectivity index (χ3n) is 5.20. The van der Waals surface area contributed by atoms with Crippen molar-refractivity contribution in [1.29, 1.82) is 5.26 Å². The molecule has 0 spiro atoms. The first-order valence-electron chi connectivity index (χ1n) is 10.0. The zero-order valence-corrected chi connectivity index (χ0v) is 17.8. The lowest BCUT2D eigenvalue weighted by molar-refractivity contribution is -0.137. The van der Waals surface area contributed by atoms with E-state index >= 15 is 0 Å². The summed E-state index contributed by atoms with van der Waals surface area (Å²) < 4.78 is 39.7. The van der Waals surface area contributed by atoms with Crippen molar-refractivity contribution < 1.29 is 22.8 Å². The van der Waals surface area contributed by atoms with E-state index < -0.39 is 29.7 Å². The van der Waals surface area contributed by atoms with Gasteiger partial charge in [-0.2, -0.15) is 18.4 Å². The van der Waals surface area contributed by atoms with Gasteiger partial charge in [-0.15, -0.1) is 0 Å². The van der Waals surface area contributed by atoms with Crippen molar-refractivity contribution in [3.05, 3.63) is 76.4 Å². The van der Waals surface area contributed by atoms with Gasteiger partial charge in [-0.3, -0.25) is 9.69 Å². The second-order valence-corrected chi connectivity index (χ2v) is 7.97. The Morgan fingerprint density at radius 1 is 1.19 bits per heavy atom. The molecule has 2 aromatic carbocycles. The predicted molar refractivity (Wildman–Crippen MR) is 113 cm³/mol. The van der Waals surface area contributed by atoms with Gasteiger partial charge >= 0.3 is 12.2 Å². The summed E-state index contributed by atoms with van der Waals surface area (Å²) in [7, 11) is 0. The van der Waals surface area contributed by atoms with Crippen LogP contribution >= 0.6 is 0 Å². The molecule has 1 atom stereocenters. The molecule has 5 nitrogen and oxygen atoms in total. The highest BCUT2D eigenvalue weighted by atomic mass is 19.4. The molecular weight excluding hydrogens is 419 g/mol. The number of imide groups is 1. The minimum atomic E-state index is -4.55. The molecule has 0 aromatic heterocycles. The summed E-state index contributed by atoms with van der Waals surface area (Å²) >= 11 is 0. The van der Waals surface area contributed by atoms with Crippen LogP contribution in [0.25, 0.3) is 5.57 Å². The topological polar surface area (TPSA) is 73.2 Å². The highest BCUT2D eigenvalue weighted by molar-refractivity contribution is 6.25. The lowest BCUT2D eigenvalue weighted by Crippen LogP contribution is -2.50. The molecule has 166 valence electrons. The fraction of sp³-hybridized carbons (Fsp3) is 0.292. The van der Waals surface area contributed by atoms with Gasteiger partial charge in [0, 0.05) is 11.6 Å². The first-order valence-corrected chi connectivity index (χ1v) is 10.0. The van der Waals surface area contributed by atoms with Gasteiger partial charge in [0.15, 0.2) is 0 Å². The zero-order valence-electron chi connectivity index (χ0n) is 17.8. The number of alkyl halides is 3. The zero-order chi connectivity index (χ0) is 23.6. The molecule has 0 aliphatic carbocycles. The lowest BCUT2D eigenvalue weighted by atomic mass is 9.86. The number of urea groups is 1. The highest BCUT2D eigenvalue weighted by Crippen LogP contribution is 2.40. The summed E-state index contributed by atoms with van der Waals surface area (Å²) in [5.74, 6) is -0.666. The van der Waals surface area contributed by atoms with E-state index in [9.17, 15) is 22.8 Å². The van der Waals surface area contributed by atoms with Crippen LogP contribution < -0.4 is 5.32 Å². The first kappa shape index (κ1) is 23.1. The van der Waals surface area contributed by atoms with E-state index in [4.69, 9.17) is 5.26 Å². The van der Waals surface area contributed by atoms with Crippen LogP contribution in [0, 0.1) is 11.3 Å². The molecule has 0 radical (unpaired) electrons. The lowest BCUT2D eigenvalue weighted by Gasteiger charge is -2.36. The number of amides is 3. The molecule has 32 heavy (non-hydrogen) atoms. The molecule has 0 fully saturated rings. The van der Waals surface area contributed by atoms with E-state index in [0.29, 0.717) is 16.7 Å². The van der Waals surface area contributed by atoms with E-state index in [2.05, 4.69) is 5.32 Å². The van der Waals surface area contributed by atoms with Crippen LogP contribution in [0.5, 0.6) is 0 Å². The molecule has 0 saturated carbocycles. The van der Waals surface area contributed by atoms with Crippen molar-refractivity contribution in [3.8, 4) is 6.07 Å². The maximum Gasteiger partial charge on any atom is 0.416 e. The van der Waals surface area contributed by atoms with E-state index in [-0.39, 0.29) is 23.6 Å². The molecule has 3 amide bonds. The van der Waals surface area contributed by atoms with E-state index in [1.54, 1.807) is 45.0 Å². The molecule has 1 heterocycles. The summed E-state index contributed by atoms with van der Waals surface area (Å²) in [5.41, 5.74) is 1.00. The SMILES string of the molecule is CC1=C(c2cccc(C(F)(F)F)c2)C(=O)N(C(=O)NC(C)C)C(c2ccc(C#N)cc2)C1. The van der Waals surface area contributed by atoms with Crippen LogP contribution in [0.2, 0.25) is 0 Å². The Morgan fingerprint density at radius 2 is 1.84 bits per heavy atom. The van der Waals surface area contributed by atoms with Crippen molar-refractivity contribution in [2.45, 2.75) is 45.5 Å². The fourth-order valence-corrected chi connectivity index (χ4v) is 3.75. The Morgan fingerprint density at radius 3 is 2.41 bits per heavy atom. The number of nitrogens with one attached hydrogen (secondary N) is 1. The molecule has 1 aliphatic rings. The summed E-state index contributed by atoms with van der Waals surface area (Å²) in [6.07, 6.45) is -4.29. The summed E-state index contributed by atoms with van der Waals surface area (Å²) in [4.78, 5) is 27.5. The van der Waals surface area contributed by atoms with Gasteiger partial charge in [0.2, 0.25) is 0 Å². The Bertz CT molecular complexity index is 1110. The van der Waals surface area contributed by atoms with Gasteiger partial charge in [0.25, 0.3) is 5.91 Å². The van der Waals surface area contributed by atoms with Crippen LogP contribution in [-0.4, -0.2) is 22.9 Å². The molecule has 3 rings (SSSR count). The van der Waals surface area contributed by atoms with Crippen molar-refractivity contribution in [3.63, 3.8) is 0 Å². The summed E-state index contributed by atoms with van der Waals surface area (Å²) in [6, 6.07) is 11.6. The summed E-state index contributed by atoms with van der Waals surface area (Å²) in [6.45, 7) is 5.18. The smallest absolute Gasteiger partial charge is 0.335 e. The van der Waals surface area contributed by atoms with Crippen LogP contribution in [0.1, 0.15) is 55.5 Å². The third kappa shape index (κ3) is 4.67. The number of carbonyl (C=O) groups is 2. The van der Waals surface area contributed by atoms with Crippen molar-refractivity contribution >= 4 is 17.5 Å². The van der Waals surface area contributed by atoms with Gasteiger partial charge in [0.05, 0.1) is 23.2 Å². The standard InChI is InChI=1S/C24H22F3N3O2/c1-14(2)29-23(32)30-20(17-9-7-16(13-28)8-10-17)11-15(3)21(22(30)31)18-5-4-6-19(12-18)24(25,26)27/h4-10,12,14,20H,11H2,1-3H3,(H,29,32). The number of hydrogen-bond donors (Lipinski definition) is 1. The number of rotatable bonds is 3. The molecule has 2 aromatic rings. The van der Waals surface area contributed by atoms with Gasteiger partial charge in [-0.25, -0.2) is 4.79 Å². The average Bonchev–Trinajstić information content (AvgIpc) is 2.72. The number of nitrogens with zero attached hydrogens (tertiary/aromatic N) is 2. The Balaban J connectivity index is 2.10. The molecule has 1 unspecified atom stereocenters. The first-order chi connectivity index (χ1) is 15.0. The molecule has 8 heteroatoms. The number of carbonyl (C=O) groups excluding carboxylic acids is 2. The largest absolute Gasteiger partial charge is 0.416 e. The van der Waals surface area contributed by atoms with Crippen molar-refractivity contribution in [2.24, 2.45) is 0 Å². The van der Waals surface area contributed by atoms with E-state index in [1.165, 1.54) is 12.1 Å². The Labute approximate surface area is 184 Å². The van der Waals surface area contributed by atoms with Gasteiger partial charge < -0.3 is 5.32 Å². The number of halogens is 3. The molecule has 1 aliphatic heterocycles. The Hall–Kier alpha value is -3.60. The minimum Gasteiger partial charge on any atom is -0.335 e. The van der Waals surface area contributed by atoms with Crippen LogP contribution in [0.4, 0.5) is 18.0 Å². The quantitative estimate of drug-likeness (QED) is 0.689. The van der Waals surface area contributed by atoms with Gasteiger partial charge in [-0.1, -0.05) is 29.8 Å². The van der Waals surface area contributed by atoms with Gasteiger partial charge in [-0.05, 0) is 62.6 Å². The third-order valence-corrected chi connectivity index (χ3v) is 5.20. The maximum atomic E-state index is 13.5. The van der Waals surface area contributed by atoms with Gasteiger partial charge in [0.1, 0.15) is 0 Å². The average molecular weight is 441 g/mol. The maximum absolute atomic E-state index is 13.5. The number of hydrogen-bond acceptors (Lipinski definition) is 3.